The highest BCUT2D eigenvalue weighted by Crippen LogP contribution is 2.33. The molecule has 0 fully saturated rings. The van der Waals surface area contributed by atoms with Crippen molar-refractivity contribution < 1.29 is 0 Å². The highest BCUT2D eigenvalue weighted by atomic mass is 15.3. The summed E-state index contributed by atoms with van der Waals surface area (Å²) >= 11 is 0. The Morgan fingerprint density at radius 3 is 2.38 bits per heavy atom. The lowest BCUT2D eigenvalue weighted by Gasteiger charge is -2.26. The van der Waals surface area contributed by atoms with Crippen LogP contribution in [0.1, 0.15) is 37.0 Å². The molecule has 0 aliphatic carbocycles. The van der Waals surface area contributed by atoms with Crippen LogP contribution >= 0.6 is 0 Å². The Hall–Kier alpha value is -4.58. The second-order valence-corrected chi connectivity index (χ2v) is 8.49. The molecule has 4 rings (SSSR count). The second-order valence-electron chi connectivity index (χ2n) is 8.49. The van der Waals surface area contributed by atoms with Crippen molar-refractivity contribution in [1.82, 2.24) is 9.97 Å². The van der Waals surface area contributed by atoms with E-state index in [0.717, 1.165) is 29.1 Å². The van der Waals surface area contributed by atoms with Gasteiger partial charge in [0.15, 0.2) is 5.84 Å². The number of anilines is 3. The van der Waals surface area contributed by atoms with Gasteiger partial charge in [-0.1, -0.05) is 49.4 Å². The highest BCUT2D eigenvalue weighted by molar-refractivity contribution is 6.09. The van der Waals surface area contributed by atoms with Gasteiger partial charge in [0.1, 0.15) is 5.82 Å². The smallest absolute Gasteiger partial charge is 0.165 e. The Balaban J connectivity index is 1.65. The van der Waals surface area contributed by atoms with Crippen LogP contribution in [0.25, 0.3) is 5.57 Å². The van der Waals surface area contributed by atoms with E-state index < -0.39 is 0 Å². The van der Waals surface area contributed by atoms with Crippen LogP contribution in [0.4, 0.5) is 17.2 Å². The number of para-hydroxylation sites is 1. The standard InChI is InChI=1S/C31H32N6/c1-5-25(6-2)28-13-7-8-14-29(28)36(4)27-18-16-24(17-19-27)23-37(30-15-9-10-21-34-30)31(35-32-3)26-12-11-20-33-22-26/h5,7-22H,3,6,23H2,1-2,4H3/b25-5+,35-31-. The second kappa shape index (κ2) is 12.4. The molecule has 0 bridgehead atoms. The molecule has 0 aliphatic heterocycles. The van der Waals surface area contributed by atoms with Crippen LogP contribution in [-0.4, -0.2) is 29.6 Å². The Labute approximate surface area is 219 Å². The van der Waals surface area contributed by atoms with Crippen molar-refractivity contribution in [2.24, 2.45) is 10.2 Å². The van der Waals surface area contributed by atoms with Gasteiger partial charge in [-0.05, 0) is 66.9 Å². The lowest BCUT2D eigenvalue weighted by molar-refractivity contribution is 0.963. The van der Waals surface area contributed by atoms with Crippen LogP contribution in [-0.2, 0) is 6.54 Å². The molecule has 0 saturated carbocycles. The number of hydrogen-bond acceptors (Lipinski definition) is 5. The molecule has 0 saturated heterocycles. The first-order valence-corrected chi connectivity index (χ1v) is 12.4. The Morgan fingerprint density at radius 1 is 0.946 bits per heavy atom. The topological polar surface area (TPSA) is 57.0 Å². The number of amidine groups is 1. The Morgan fingerprint density at radius 2 is 1.73 bits per heavy atom. The third kappa shape index (κ3) is 5.98. The van der Waals surface area contributed by atoms with E-state index in [4.69, 9.17) is 0 Å². The zero-order chi connectivity index (χ0) is 26.0. The number of hydrogen-bond donors (Lipinski definition) is 0. The van der Waals surface area contributed by atoms with Gasteiger partial charge in [0, 0.05) is 54.9 Å². The lowest BCUT2D eigenvalue weighted by Crippen LogP contribution is -2.32. The van der Waals surface area contributed by atoms with Crippen molar-refractivity contribution in [2.75, 3.05) is 16.8 Å². The minimum absolute atomic E-state index is 0.555. The molecular formula is C31H32N6. The summed E-state index contributed by atoms with van der Waals surface area (Å²) in [5, 5.41) is 8.20. The number of aromatic nitrogens is 2. The van der Waals surface area contributed by atoms with Gasteiger partial charge in [-0.3, -0.25) is 4.98 Å². The molecule has 0 amide bonds. The van der Waals surface area contributed by atoms with Crippen molar-refractivity contribution in [1.29, 1.82) is 0 Å². The van der Waals surface area contributed by atoms with Gasteiger partial charge < -0.3 is 9.80 Å². The number of nitrogens with zero attached hydrogens (tertiary/aromatic N) is 6. The summed E-state index contributed by atoms with van der Waals surface area (Å²) < 4.78 is 0. The Kier molecular flexibility index (Phi) is 8.55. The summed E-state index contributed by atoms with van der Waals surface area (Å²) in [4.78, 5) is 13.1. The van der Waals surface area contributed by atoms with E-state index in [1.807, 2.05) is 35.2 Å². The molecule has 0 atom stereocenters. The van der Waals surface area contributed by atoms with E-state index in [-0.39, 0.29) is 0 Å². The summed E-state index contributed by atoms with van der Waals surface area (Å²) in [6.45, 7) is 8.43. The van der Waals surface area contributed by atoms with Gasteiger partial charge in [0.25, 0.3) is 0 Å². The molecule has 2 aromatic carbocycles. The average Bonchev–Trinajstić information content (AvgIpc) is 2.97. The predicted molar refractivity (Wildman–Crippen MR) is 156 cm³/mol. The maximum Gasteiger partial charge on any atom is 0.165 e. The predicted octanol–water partition coefficient (Wildman–Crippen LogP) is 7.13. The fourth-order valence-electron chi connectivity index (χ4n) is 4.34. The molecular weight excluding hydrogens is 456 g/mol. The van der Waals surface area contributed by atoms with E-state index in [2.05, 4.69) is 107 Å². The van der Waals surface area contributed by atoms with E-state index in [9.17, 15) is 0 Å². The lowest BCUT2D eigenvalue weighted by atomic mass is 10.0. The normalized spacial score (nSPS) is 11.8. The highest BCUT2D eigenvalue weighted by Gasteiger charge is 2.19. The van der Waals surface area contributed by atoms with Gasteiger partial charge in [-0.15, -0.1) is 5.10 Å². The van der Waals surface area contributed by atoms with Crippen molar-refractivity contribution >= 4 is 35.3 Å². The first kappa shape index (κ1) is 25.5. The van der Waals surface area contributed by atoms with Crippen LogP contribution in [0.3, 0.4) is 0 Å². The number of rotatable bonds is 9. The zero-order valence-corrected chi connectivity index (χ0v) is 21.6. The van der Waals surface area contributed by atoms with Crippen molar-refractivity contribution in [3.8, 4) is 0 Å². The van der Waals surface area contributed by atoms with E-state index in [1.165, 1.54) is 16.8 Å². The molecule has 6 nitrogen and oxygen atoms in total. The minimum Gasteiger partial charge on any atom is -0.344 e. The fraction of sp³-hybridized carbons (Fsp3) is 0.161. The molecule has 186 valence electrons. The maximum atomic E-state index is 4.58. The van der Waals surface area contributed by atoms with Crippen molar-refractivity contribution in [2.45, 2.75) is 26.8 Å². The van der Waals surface area contributed by atoms with Crippen molar-refractivity contribution in [3.05, 3.63) is 120 Å². The van der Waals surface area contributed by atoms with E-state index >= 15 is 0 Å². The van der Waals surface area contributed by atoms with Crippen LogP contribution in [0.5, 0.6) is 0 Å². The van der Waals surface area contributed by atoms with E-state index in [1.54, 1.807) is 18.6 Å². The van der Waals surface area contributed by atoms with Gasteiger partial charge in [0.2, 0.25) is 0 Å². The molecule has 0 radical (unpaired) electrons. The van der Waals surface area contributed by atoms with Gasteiger partial charge in [-0.25, -0.2) is 4.98 Å². The van der Waals surface area contributed by atoms with Crippen LogP contribution in [0.15, 0.2) is 114 Å². The molecule has 2 aromatic heterocycles. The SMILES string of the molecule is C=N/N=C(/c1cccnc1)N(Cc1ccc(N(C)c2ccccc2/C(=C/C)CC)cc1)c1ccccn1. The first-order chi connectivity index (χ1) is 18.2. The largest absolute Gasteiger partial charge is 0.344 e. The Bertz CT molecular complexity index is 1360. The van der Waals surface area contributed by atoms with Crippen LogP contribution in [0.2, 0.25) is 0 Å². The molecule has 37 heavy (non-hydrogen) atoms. The summed E-state index contributed by atoms with van der Waals surface area (Å²) in [5.74, 6) is 1.40. The van der Waals surface area contributed by atoms with Crippen LogP contribution in [0, 0.1) is 0 Å². The number of allylic oxidation sites excluding steroid dienone is 2. The van der Waals surface area contributed by atoms with Crippen molar-refractivity contribution in [3.63, 3.8) is 0 Å². The maximum absolute atomic E-state index is 4.58. The number of pyridine rings is 2. The summed E-state index contributed by atoms with van der Waals surface area (Å²) in [6.07, 6.45) is 8.46. The molecule has 4 aromatic rings. The molecule has 0 unspecified atom stereocenters. The summed E-state index contributed by atoms with van der Waals surface area (Å²) in [6, 6.07) is 26.8. The van der Waals surface area contributed by atoms with E-state index in [0.29, 0.717) is 12.4 Å². The fourth-order valence-corrected chi connectivity index (χ4v) is 4.34. The monoisotopic (exact) mass is 488 g/mol. The minimum atomic E-state index is 0.555. The summed E-state index contributed by atoms with van der Waals surface area (Å²) in [7, 11) is 2.11. The molecule has 0 spiro atoms. The molecule has 2 heterocycles. The summed E-state index contributed by atoms with van der Waals surface area (Å²) in [5.41, 5.74) is 6.84. The van der Waals surface area contributed by atoms with Gasteiger partial charge in [-0.2, -0.15) is 5.10 Å². The third-order valence-corrected chi connectivity index (χ3v) is 6.27. The first-order valence-electron chi connectivity index (χ1n) is 12.4. The molecule has 0 aliphatic rings. The molecule has 0 N–H and O–H groups in total. The quantitative estimate of drug-likeness (QED) is 0.143. The average molecular weight is 489 g/mol. The molecule has 6 heteroatoms. The van der Waals surface area contributed by atoms with Gasteiger partial charge in [0.05, 0.1) is 6.54 Å². The van der Waals surface area contributed by atoms with Gasteiger partial charge >= 0.3 is 0 Å². The zero-order valence-electron chi connectivity index (χ0n) is 21.6. The third-order valence-electron chi connectivity index (χ3n) is 6.27. The van der Waals surface area contributed by atoms with Crippen LogP contribution < -0.4 is 9.80 Å². The number of benzene rings is 2.